The minimum absolute atomic E-state index is 0.145. The molecule has 3 rings (SSSR count). The van der Waals surface area contributed by atoms with E-state index in [-0.39, 0.29) is 24.9 Å². The van der Waals surface area contributed by atoms with Crippen molar-refractivity contribution in [3.63, 3.8) is 0 Å². The summed E-state index contributed by atoms with van der Waals surface area (Å²) in [6.45, 7) is 12.9. The second-order valence-electron chi connectivity index (χ2n) is 11.9. The Morgan fingerprint density at radius 1 is 1.03 bits per heavy atom. The van der Waals surface area contributed by atoms with Crippen molar-refractivity contribution in [3.8, 4) is 11.5 Å². The summed E-state index contributed by atoms with van der Waals surface area (Å²) in [4.78, 5) is 26.6. The number of hydrogen-bond donors (Lipinski definition) is 0. The summed E-state index contributed by atoms with van der Waals surface area (Å²) < 4.78 is 23.7. The van der Waals surface area contributed by atoms with Gasteiger partial charge in [0.1, 0.15) is 29.1 Å². The Morgan fingerprint density at radius 3 is 2.38 bits per heavy atom. The van der Waals surface area contributed by atoms with E-state index in [1.807, 2.05) is 56.3 Å². The van der Waals surface area contributed by atoms with Crippen LogP contribution in [0, 0.1) is 0 Å². The number of unbranched alkanes of at least 4 members (excludes halogenated alkanes) is 3. The molecular weight excluding hydrogens is 492 g/mol. The largest absolute Gasteiger partial charge is 0.488 e. The minimum Gasteiger partial charge on any atom is -0.488 e. The number of rotatable bonds is 13. The Morgan fingerprint density at radius 2 is 1.74 bits per heavy atom. The van der Waals surface area contributed by atoms with E-state index in [4.69, 9.17) is 18.9 Å². The summed E-state index contributed by atoms with van der Waals surface area (Å²) in [7, 11) is 1.36. The fourth-order valence-corrected chi connectivity index (χ4v) is 5.72. The molecule has 0 aliphatic carbocycles. The zero-order valence-electron chi connectivity index (χ0n) is 24.9. The highest BCUT2D eigenvalue weighted by molar-refractivity contribution is 5.91. The first kappa shape index (κ1) is 30.5. The van der Waals surface area contributed by atoms with Crippen LogP contribution in [0.1, 0.15) is 103 Å². The Hall–Kier alpha value is -3.02. The van der Waals surface area contributed by atoms with Crippen molar-refractivity contribution in [3.05, 3.63) is 59.2 Å². The average Bonchev–Trinajstić information content (AvgIpc) is 2.88. The molecule has 1 heterocycles. The van der Waals surface area contributed by atoms with E-state index in [2.05, 4.69) is 20.8 Å². The molecule has 0 radical (unpaired) electrons. The van der Waals surface area contributed by atoms with Crippen LogP contribution in [0.4, 0.5) is 0 Å². The van der Waals surface area contributed by atoms with E-state index in [1.54, 1.807) is 6.92 Å². The van der Waals surface area contributed by atoms with E-state index in [0.29, 0.717) is 23.7 Å². The van der Waals surface area contributed by atoms with Crippen molar-refractivity contribution in [1.29, 1.82) is 0 Å². The Labute approximate surface area is 234 Å². The second kappa shape index (κ2) is 12.9. The minimum atomic E-state index is -1.31. The van der Waals surface area contributed by atoms with Crippen LogP contribution in [-0.2, 0) is 36.5 Å². The molecule has 0 aromatic heterocycles. The lowest BCUT2D eigenvalue weighted by atomic mass is 9.67. The number of hydrogen-bond acceptors (Lipinski definition) is 6. The lowest BCUT2D eigenvalue weighted by molar-refractivity contribution is -0.158. The van der Waals surface area contributed by atoms with Crippen molar-refractivity contribution < 1.29 is 28.5 Å². The van der Waals surface area contributed by atoms with Gasteiger partial charge in [-0.15, -0.1) is 0 Å². The highest BCUT2D eigenvalue weighted by atomic mass is 16.5. The molecule has 1 aliphatic heterocycles. The summed E-state index contributed by atoms with van der Waals surface area (Å²) >= 11 is 0. The zero-order chi connectivity index (χ0) is 28.7. The molecule has 1 unspecified atom stereocenters. The number of benzene rings is 2. The molecule has 0 saturated heterocycles. The predicted octanol–water partition coefficient (Wildman–Crippen LogP) is 7.44. The van der Waals surface area contributed by atoms with Crippen molar-refractivity contribution in [2.24, 2.45) is 0 Å². The van der Waals surface area contributed by atoms with Crippen LogP contribution >= 0.6 is 0 Å². The van der Waals surface area contributed by atoms with Crippen LogP contribution in [0.25, 0.3) is 0 Å². The Bertz CT molecular complexity index is 1120. The van der Waals surface area contributed by atoms with Crippen LogP contribution in [0.15, 0.2) is 42.5 Å². The van der Waals surface area contributed by atoms with Crippen molar-refractivity contribution >= 4 is 11.9 Å². The molecule has 214 valence electrons. The Balaban J connectivity index is 2.19. The molecule has 1 aliphatic rings. The molecule has 0 fully saturated rings. The van der Waals surface area contributed by atoms with Gasteiger partial charge in [-0.1, -0.05) is 76.8 Å². The van der Waals surface area contributed by atoms with Crippen LogP contribution in [0.5, 0.6) is 11.5 Å². The third-order valence-electron chi connectivity index (χ3n) is 7.66. The summed E-state index contributed by atoms with van der Waals surface area (Å²) in [5.41, 5.74) is 0.453. The standard InChI is InChI=1S/C33H46O6/c1-8-10-11-15-18-31(3,4)25-19-26(38-22-24-16-13-12-14-17-24)29-27(20-25)39-32(5,6)23-33(29,30(35)36-7)21-28(34)37-9-2/h12-14,16-17,19-20H,8-11,15,18,21-23H2,1-7H3. The van der Waals surface area contributed by atoms with Crippen molar-refractivity contribution in [2.45, 2.75) is 110 Å². The fraction of sp³-hybridized carbons (Fsp3) is 0.576. The normalized spacial score (nSPS) is 18.0. The van der Waals surface area contributed by atoms with Gasteiger partial charge in [-0.3, -0.25) is 9.59 Å². The second-order valence-corrected chi connectivity index (χ2v) is 11.9. The average molecular weight is 539 g/mol. The van der Waals surface area contributed by atoms with Crippen LogP contribution in [-0.4, -0.2) is 31.3 Å². The highest BCUT2D eigenvalue weighted by Gasteiger charge is 2.55. The Kier molecular flexibility index (Phi) is 10.1. The van der Waals surface area contributed by atoms with Crippen LogP contribution in [0.2, 0.25) is 0 Å². The molecule has 1 atom stereocenters. The maximum atomic E-state index is 13.6. The van der Waals surface area contributed by atoms with E-state index >= 15 is 0 Å². The van der Waals surface area contributed by atoms with Gasteiger partial charge in [0.05, 0.1) is 25.7 Å². The molecule has 39 heavy (non-hydrogen) atoms. The molecule has 2 aromatic rings. The van der Waals surface area contributed by atoms with Crippen molar-refractivity contribution in [1.82, 2.24) is 0 Å². The number of fused-ring (bicyclic) bond motifs is 1. The highest BCUT2D eigenvalue weighted by Crippen LogP contribution is 2.53. The van der Waals surface area contributed by atoms with E-state index < -0.39 is 23.0 Å². The van der Waals surface area contributed by atoms with Crippen LogP contribution in [0.3, 0.4) is 0 Å². The van der Waals surface area contributed by atoms with E-state index in [1.165, 1.54) is 26.4 Å². The first-order chi connectivity index (χ1) is 18.5. The summed E-state index contributed by atoms with van der Waals surface area (Å²) in [5, 5.41) is 0. The van der Waals surface area contributed by atoms with Gasteiger partial charge in [0.2, 0.25) is 0 Å². The summed E-state index contributed by atoms with van der Waals surface area (Å²) in [6, 6.07) is 14.0. The molecule has 0 amide bonds. The first-order valence-electron chi connectivity index (χ1n) is 14.3. The van der Waals surface area contributed by atoms with Gasteiger partial charge in [0.25, 0.3) is 0 Å². The molecule has 0 N–H and O–H groups in total. The third-order valence-corrected chi connectivity index (χ3v) is 7.66. The van der Waals surface area contributed by atoms with Gasteiger partial charge in [0.15, 0.2) is 0 Å². The van der Waals surface area contributed by atoms with Gasteiger partial charge in [-0.2, -0.15) is 0 Å². The van der Waals surface area contributed by atoms with Gasteiger partial charge in [0, 0.05) is 6.42 Å². The molecule has 0 bridgehead atoms. The monoisotopic (exact) mass is 538 g/mol. The number of carbonyl (C=O) groups is 2. The molecule has 2 aromatic carbocycles. The number of esters is 2. The summed E-state index contributed by atoms with van der Waals surface area (Å²) in [6.07, 6.45) is 5.83. The zero-order valence-corrected chi connectivity index (χ0v) is 24.9. The maximum absolute atomic E-state index is 13.6. The smallest absolute Gasteiger partial charge is 0.317 e. The fourth-order valence-electron chi connectivity index (χ4n) is 5.72. The quantitative estimate of drug-likeness (QED) is 0.195. The molecule has 0 spiro atoms. The van der Waals surface area contributed by atoms with Gasteiger partial charge >= 0.3 is 11.9 Å². The lowest BCUT2D eigenvalue weighted by Crippen LogP contribution is -2.51. The first-order valence-corrected chi connectivity index (χ1v) is 14.3. The number of carbonyl (C=O) groups excluding carboxylic acids is 2. The van der Waals surface area contributed by atoms with Crippen LogP contribution < -0.4 is 9.47 Å². The van der Waals surface area contributed by atoms with Gasteiger partial charge in [-0.25, -0.2) is 0 Å². The predicted molar refractivity (Wildman–Crippen MR) is 153 cm³/mol. The molecule has 6 heteroatoms. The van der Waals surface area contributed by atoms with E-state index in [9.17, 15) is 9.59 Å². The molecule has 6 nitrogen and oxygen atoms in total. The SMILES string of the molecule is CCCCCCC(C)(C)c1cc(OCc2ccccc2)c2c(c1)OC(C)(C)CC2(CC(=O)OCC)C(=O)OC. The maximum Gasteiger partial charge on any atom is 0.317 e. The van der Waals surface area contributed by atoms with Gasteiger partial charge < -0.3 is 18.9 Å². The van der Waals surface area contributed by atoms with Crippen molar-refractivity contribution in [2.75, 3.05) is 13.7 Å². The topological polar surface area (TPSA) is 71.1 Å². The number of methoxy groups -OCH3 is 1. The third kappa shape index (κ3) is 7.34. The number of ether oxygens (including phenoxy) is 4. The molecular formula is C33H46O6. The van der Waals surface area contributed by atoms with Gasteiger partial charge in [-0.05, 0) is 55.9 Å². The summed E-state index contributed by atoms with van der Waals surface area (Å²) in [5.74, 6) is 0.145. The molecule has 0 saturated carbocycles. The lowest BCUT2D eigenvalue weighted by Gasteiger charge is -2.45. The van der Waals surface area contributed by atoms with E-state index in [0.717, 1.165) is 24.0 Å².